The van der Waals surface area contributed by atoms with Crippen molar-refractivity contribution in [3.05, 3.63) is 46.6 Å². The van der Waals surface area contributed by atoms with E-state index in [0.717, 1.165) is 36.0 Å². The van der Waals surface area contributed by atoms with E-state index in [1.807, 2.05) is 16.7 Å². The Morgan fingerprint density at radius 2 is 1.89 bits per heavy atom. The van der Waals surface area contributed by atoms with Crippen molar-refractivity contribution in [2.75, 3.05) is 10.5 Å². The Morgan fingerprint density at radius 1 is 1.14 bits per heavy atom. The summed E-state index contributed by atoms with van der Waals surface area (Å²) in [6.45, 7) is 6.30. The molecule has 0 fully saturated rings. The maximum Gasteiger partial charge on any atom is 0.253 e. The van der Waals surface area contributed by atoms with E-state index in [1.165, 1.54) is 0 Å². The largest absolute Gasteiger partial charge is 0.331 e. The number of benzene rings is 1. The second-order valence-corrected chi connectivity index (χ2v) is 9.03. The summed E-state index contributed by atoms with van der Waals surface area (Å²) >= 11 is 0. The number of aryl methyl sites for hydroxylation is 3. The quantitative estimate of drug-likeness (QED) is 0.657. The molecule has 0 aliphatic carbocycles. The van der Waals surface area contributed by atoms with Crippen molar-refractivity contribution in [3.8, 4) is 11.1 Å². The van der Waals surface area contributed by atoms with Crippen molar-refractivity contribution in [2.45, 2.75) is 40.2 Å². The number of aromatic nitrogens is 3. The number of hydrogen-bond acceptors (Lipinski definition) is 4. The summed E-state index contributed by atoms with van der Waals surface area (Å²) in [5.74, 6) is -0.0196. The Labute approximate surface area is 165 Å². The molecule has 28 heavy (non-hydrogen) atoms. The number of nitrogens with zero attached hydrogens (tertiary/aromatic N) is 3. The molecule has 8 heteroatoms. The molecule has 0 spiro atoms. The van der Waals surface area contributed by atoms with Gasteiger partial charge in [-0.2, -0.15) is 0 Å². The molecular formula is C20H26N4O3S. The average Bonchev–Trinajstić information content (AvgIpc) is 3.07. The van der Waals surface area contributed by atoms with Gasteiger partial charge in [-0.3, -0.25) is 9.52 Å². The van der Waals surface area contributed by atoms with Crippen LogP contribution in [-0.4, -0.2) is 28.3 Å². The summed E-state index contributed by atoms with van der Waals surface area (Å²) in [5.41, 5.74) is 4.21. The molecule has 0 saturated carbocycles. The molecule has 2 aromatic heterocycles. The number of imidazole rings is 1. The minimum Gasteiger partial charge on any atom is -0.331 e. The Morgan fingerprint density at radius 3 is 2.54 bits per heavy atom. The molecule has 1 aromatic carbocycles. The van der Waals surface area contributed by atoms with Gasteiger partial charge in [0.05, 0.1) is 23.3 Å². The molecule has 1 N–H and O–H groups in total. The van der Waals surface area contributed by atoms with E-state index in [4.69, 9.17) is 0 Å². The third kappa shape index (κ3) is 3.96. The average molecular weight is 403 g/mol. The van der Waals surface area contributed by atoms with Crippen LogP contribution in [0.25, 0.3) is 22.2 Å². The van der Waals surface area contributed by atoms with Crippen molar-refractivity contribution in [1.29, 1.82) is 0 Å². The third-order valence-electron chi connectivity index (χ3n) is 4.82. The van der Waals surface area contributed by atoms with Crippen molar-refractivity contribution < 1.29 is 8.42 Å². The highest BCUT2D eigenvalue weighted by Gasteiger charge is 2.16. The van der Waals surface area contributed by atoms with E-state index in [-0.39, 0.29) is 11.3 Å². The monoisotopic (exact) mass is 402 g/mol. The Bertz CT molecular complexity index is 1150. The number of hydrogen-bond donors (Lipinski definition) is 1. The van der Waals surface area contributed by atoms with Gasteiger partial charge < -0.3 is 9.13 Å². The van der Waals surface area contributed by atoms with E-state index >= 15 is 0 Å². The van der Waals surface area contributed by atoms with Gasteiger partial charge in [-0.05, 0) is 49.6 Å². The standard InChI is InChI=1S/C20H26N4O3S/c1-5-7-8-24-13-21-19-17(22-28(26,27)6-2)10-15(11-18(19)24)16-9-14(3)20(25)23(4)12-16/h9-13,22H,5-8H2,1-4H3. The van der Waals surface area contributed by atoms with E-state index < -0.39 is 10.0 Å². The first kappa shape index (κ1) is 20.1. The van der Waals surface area contributed by atoms with Crippen LogP contribution < -0.4 is 10.3 Å². The predicted molar refractivity (Wildman–Crippen MR) is 113 cm³/mol. The summed E-state index contributed by atoms with van der Waals surface area (Å²) in [4.78, 5) is 16.5. The first-order valence-corrected chi connectivity index (χ1v) is 11.1. The number of pyridine rings is 1. The summed E-state index contributed by atoms with van der Waals surface area (Å²) in [7, 11) is -1.74. The fourth-order valence-corrected chi connectivity index (χ4v) is 3.82. The minimum atomic E-state index is -3.45. The van der Waals surface area contributed by atoms with Crippen LogP contribution in [0, 0.1) is 6.92 Å². The van der Waals surface area contributed by atoms with Gasteiger partial charge in [-0.15, -0.1) is 0 Å². The molecule has 0 bridgehead atoms. The van der Waals surface area contributed by atoms with E-state index in [0.29, 0.717) is 16.8 Å². The maximum atomic E-state index is 12.2. The highest BCUT2D eigenvalue weighted by molar-refractivity contribution is 7.92. The van der Waals surface area contributed by atoms with Crippen LogP contribution >= 0.6 is 0 Å². The molecule has 0 atom stereocenters. The first-order valence-electron chi connectivity index (χ1n) is 9.42. The zero-order chi connectivity index (χ0) is 20.5. The summed E-state index contributed by atoms with van der Waals surface area (Å²) in [6.07, 6.45) is 5.57. The smallest absolute Gasteiger partial charge is 0.253 e. The molecule has 7 nitrogen and oxygen atoms in total. The van der Waals surface area contributed by atoms with Gasteiger partial charge in [0.2, 0.25) is 10.0 Å². The molecule has 0 saturated heterocycles. The van der Waals surface area contributed by atoms with Crippen LogP contribution in [0.5, 0.6) is 0 Å². The lowest BCUT2D eigenvalue weighted by molar-refractivity contribution is 0.602. The fraction of sp³-hybridized carbons (Fsp3) is 0.400. The lowest BCUT2D eigenvalue weighted by atomic mass is 10.0. The van der Waals surface area contributed by atoms with Gasteiger partial charge in [-0.1, -0.05) is 13.3 Å². The number of unbranched alkanes of at least 4 members (excludes halogenated alkanes) is 1. The fourth-order valence-electron chi connectivity index (χ4n) is 3.19. The minimum absolute atomic E-state index is 0.0196. The molecule has 0 aliphatic heterocycles. The van der Waals surface area contributed by atoms with Crippen molar-refractivity contribution >= 4 is 26.7 Å². The molecule has 3 rings (SSSR count). The van der Waals surface area contributed by atoms with E-state index in [2.05, 4.69) is 16.6 Å². The van der Waals surface area contributed by atoms with E-state index in [9.17, 15) is 13.2 Å². The summed E-state index contributed by atoms with van der Waals surface area (Å²) in [5, 5.41) is 0. The van der Waals surface area contributed by atoms with Crippen LogP contribution in [0.4, 0.5) is 5.69 Å². The number of anilines is 1. The highest BCUT2D eigenvalue weighted by atomic mass is 32.2. The molecule has 3 aromatic rings. The SMILES string of the molecule is CCCCn1cnc2c(NS(=O)(=O)CC)cc(-c3cc(C)c(=O)n(C)c3)cc21. The Balaban J connectivity index is 2.24. The van der Waals surface area contributed by atoms with Gasteiger partial charge in [0.1, 0.15) is 5.52 Å². The molecule has 0 unspecified atom stereocenters. The van der Waals surface area contributed by atoms with Gasteiger partial charge in [0.15, 0.2) is 0 Å². The van der Waals surface area contributed by atoms with Gasteiger partial charge >= 0.3 is 0 Å². The Kier molecular flexibility index (Phi) is 5.60. The zero-order valence-electron chi connectivity index (χ0n) is 16.7. The normalized spacial score (nSPS) is 11.9. The second kappa shape index (κ2) is 7.79. The number of nitrogens with one attached hydrogen (secondary N) is 1. The first-order chi connectivity index (χ1) is 13.3. The lowest BCUT2D eigenvalue weighted by Crippen LogP contribution is -2.18. The number of rotatable bonds is 7. The van der Waals surface area contributed by atoms with Crippen LogP contribution in [0.2, 0.25) is 0 Å². The molecule has 0 radical (unpaired) electrons. The third-order valence-corrected chi connectivity index (χ3v) is 6.11. The van der Waals surface area contributed by atoms with Crippen molar-refractivity contribution in [3.63, 3.8) is 0 Å². The molecule has 0 amide bonds. The molecule has 0 aliphatic rings. The van der Waals surface area contributed by atoms with Gasteiger partial charge in [0.25, 0.3) is 5.56 Å². The highest BCUT2D eigenvalue weighted by Crippen LogP contribution is 2.31. The molecule has 150 valence electrons. The predicted octanol–water partition coefficient (Wildman–Crippen LogP) is 3.27. The van der Waals surface area contributed by atoms with Crippen LogP contribution in [-0.2, 0) is 23.6 Å². The van der Waals surface area contributed by atoms with Crippen LogP contribution in [0.15, 0.2) is 35.5 Å². The van der Waals surface area contributed by atoms with Gasteiger partial charge in [0, 0.05) is 25.4 Å². The van der Waals surface area contributed by atoms with Gasteiger partial charge in [-0.25, -0.2) is 13.4 Å². The summed E-state index contributed by atoms with van der Waals surface area (Å²) in [6, 6.07) is 5.61. The van der Waals surface area contributed by atoms with E-state index in [1.54, 1.807) is 44.1 Å². The van der Waals surface area contributed by atoms with Crippen LogP contribution in [0.3, 0.4) is 0 Å². The Hall–Kier alpha value is -2.61. The summed E-state index contributed by atoms with van der Waals surface area (Å²) < 4.78 is 30.6. The van der Waals surface area contributed by atoms with Crippen molar-refractivity contribution in [1.82, 2.24) is 14.1 Å². The number of fused-ring (bicyclic) bond motifs is 1. The topological polar surface area (TPSA) is 86.0 Å². The second-order valence-electron chi connectivity index (χ2n) is 7.02. The van der Waals surface area contributed by atoms with Crippen molar-refractivity contribution in [2.24, 2.45) is 7.05 Å². The number of sulfonamides is 1. The lowest BCUT2D eigenvalue weighted by Gasteiger charge is -2.12. The van der Waals surface area contributed by atoms with Crippen LogP contribution in [0.1, 0.15) is 32.3 Å². The molecular weight excluding hydrogens is 376 g/mol. The zero-order valence-corrected chi connectivity index (χ0v) is 17.5. The molecule has 2 heterocycles. The maximum absolute atomic E-state index is 12.2.